The van der Waals surface area contributed by atoms with Gasteiger partial charge in [0.25, 0.3) is 6.71 Å². The van der Waals surface area contributed by atoms with E-state index in [4.69, 9.17) is 0 Å². The molecule has 0 saturated heterocycles. The maximum Gasteiger partial charge on any atom is 0.264 e. The lowest BCUT2D eigenvalue weighted by atomic mass is 9.36. The van der Waals surface area contributed by atoms with Gasteiger partial charge in [0.15, 0.2) is 0 Å². The van der Waals surface area contributed by atoms with Crippen LogP contribution in [0.4, 0.5) is 39.8 Å². The first-order chi connectivity index (χ1) is 36.5. The molecule has 7 aromatic rings. The zero-order chi connectivity index (χ0) is 55.6. The summed E-state index contributed by atoms with van der Waals surface area (Å²) in [7, 11) is 0. The largest absolute Gasteiger partial charge is 0.335 e. The Bertz CT molecular complexity index is 3720. The predicted molar refractivity (Wildman–Crippen MR) is 327 cm³/mol. The van der Waals surface area contributed by atoms with Crippen molar-refractivity contribution in [3.8, 4) is 11.1 Å². The fraction of sp³-hybridized carbons (Fsp3) is 0.457. The van der Waals surface area contributed by atoms with Crippen molar-refractivity contribution in [2.75, 3.05) is 14.7 Å². The van der Waals surface area contributed by atoms with Gasteiger partial charge < -0.3 is 14.7 Å². The fourth-order valence-electron chi connectivity index (χ4n) is 15.4. The summed E-state index contributed by atoms with van der Waals surface area (Å²) in [6, 6.07) is 37.0. The van der Waals surface area contributed by atoms with Gasteiger partial charge in [-0.2, -0.15) is 0 Å². The molecular weight excluding hydrogens is 926 g/mol. The maximum atomic E-state index is 10.3. The van der Waals surface area contributed by atoms with E-state index in [1.807, 2.05) is 11.3 Å². The van der Waals surface area contributed by atoms with E-state index in [1.54, 1.807) is 0 Å². The lowest BCUT2D eigenvalue weighted by molar-refractivity contribution is 0.194. The Morgan fingerprint density at radius 2 is 1.11 bits per heavy atom. The number of rotatable bonds is 3. The van der Waals surface area contributed by atoms with Gasteiger partial charge in [-0.3, -0.25) is 0 Å². The SMILES string of the molecule is [2H]c1c([2H])c(C(C)(C)C)c([2H])c2c1N(c1cc3c4c(c1)N1c5c(cc(C(C)(C)C)cc5C5(C)CCCCC15C)B4c1sc4ccc(C(C)(C)C)cc4c1N3c1ccc(C(C)(C)C)cc1-c1ccccc1)C1(C)CCCCC21C. The molecule has 4 unspecified atom stereocenters. The molecule has 1 aromatic heterocycles. The molecule has 2 saturated carbocycles. The predicted octanol–water partition coefficient (Wildman–Crippen LogP) is 17.9. The molecule has 13 rings (SSSR count). The molecule has 6 aromatic carbocycles. The molecule has 5 heteroatoms. The molecule has 6 aliphatic rings. The number of benzene rings is 6. The minimum Gasteiger partial charge on any atom is -0.335 e. The van der Waals surface area contributed by atoms with Gasteiger partial charge in [-0.1, -0.05) is 189 Å². The Morgan fingerprint density at radius 1 is 0.520 bits per heavy atom. The normalized spacial score (nSPS) is 25.3. The van der Waals surface area contributed by atoms with E-state index in [0.717, 1.165) is 61.2 Å². The van der Waals surface area contributed by atoms with Gasteiger partial charge in [-0.05, 0) is 154 Å². The summed E-state index contributed by atoms with van der Waals surface area (Å²) in [6.07, 6.45) is 8.61. The first-order valence-corrected chi connectivity index (χ1v) is 29.5. The minimum absolute atomic E-state index is 0.0402. The van der Waals surface area contributed by atoms with Crippen LogP contribution >= 0.6 is 11.3 Å². The van der Waals surface area contributed by atoms with E-state index >= 15 is 0 Å². The topological polar surface area (TPSA) is 9.72 Å². The quantitative estimate of drug-likeness (QED) is 0.163. The van der Waals surface area contributed by atoms with Crippen LogP contribution in [-0.4, -0.2) is 17.8 Å². The van der Waals surface area contributed by atoms with Gasteiger partial charge in [0.1, 0.15) is 0 Å². The average Bonchev–Trinajstić information content (AvgIpc) is 2.45. The van der Waals surface area contributed by atoms with Gasteiger partial charge in [-0.25, -0.2) is 0 Å². The third kappa shape index (κ3) is 6.70. The van der Waals surface area contributed by atoms with E-state index in [2.05, 4.69) is 216 Å². The van der Waals surface area contributed by atoms with Gasteiger partial charge in [0, 0.05) is 59.7 Å². The molecule has 0 N–H and O–H groups in total. The molecule has 2 fully saturated rings. The number of anilines is 7. The molecule has 0 radical (unpaired) electrons. The first-order valence-electron chi connectivity index (χ1n) is 30.1. The van der Waals surface area contributed by atoms with Crippen molar-refractivity contribution in [3.05, 3.63) is 143 Å². The molecule has 0 bridgehead atoms. The van der Waals surface area contributed by atoms with Gasteiger partial charge in [0.05, 0.1) is 26.6 Å². The Hall–Kier alpha value is -5.26. The van der Waals surface area contributed by atoms with Crippen molar-refractivity contribution in [2.24, 2.45) is 0 Å². The fourth-order valence-corrected chi connectivity index (χ4v) is 16.7. The zero-order valence-corrected chi connectivity index (χ0v) is 49.0. The highest BCUT2D eigenvalue weighted by Crippen LogP contribution is 2.66. The highest BCUT2D eigenvalue weighted by atomic mass is 32.1. The summed E-state index contributed by atoms with van der Waals surface area (Å²) in [6.45, 7) is 37.6. The lowest BCUT2D eigenvalue weighted by Gasteiger charge is -2.53. The molecule has 2 aliphatic carbocycles. The van der Waals surface area contributed by atoms with Crippen molar-refractivity contribution in [1.82, 2.24) is 0 Å². The highest BCUT2D eigenvalue weighted by molar-refractivity contribution is 7.33. The van der Waals surface area contributed by atoms with Crippen LogP contribution in [0, 0.1) is 0 Å². The maximum absolute atomic E-state index is 10.3. The summed E-state index contributed by atoms with van der Waals surface area (Å²) in [4.78, 5) is 8.14. The Morgan fingerprint density at radius 3 is 1.76 bits per heavy atom. The Kier molecular flexibility index (Phi) is 9.61. The van der Waals surface area contributed by atoms with Crippen LogP contribution < -0.4 is 30.4 Å². The minimum atomic E-state index is -0.471. The van der Waals surface area contributed by atoms with Crippen LogP contribution in [0.5, 0.6) is 0 Å². The standard InChI is InChI=1S/C70H82BN3S/c1-63(2,3)44-26-29-54(49(36-44)43-24-18-17-19-25-43)72-56-41-48(73-55-30-27-46(65(7,8)9)38-51(55)67(13)32-20-22-34-69(67,73)15)42-57-59(56)71(62-60(72)50-37-45(64(4,5)6)28-31-58(50)75-62)53-40-47(66(10,11)12)39-52-61(53)74(57)70(16)35-23-21-33-68(52,70)14/h17-19,24-31,36-42H,20-23,32-35H2,1-16H3/i27D,30D,38D. The molecule has 0 spiro atoms. The second-order valence-electron chi connectivity index (χ2n) is 29.0. The zero-order valence-electron chi connectivity index (χ0n) is 51.1. The third-order valence-electron chi connectivity index (χ3n) is 20.4. The summed E-state index contributed by atoms with van der Waals surface area (Å²) < 4.78 is 33.2. The van der Waals surface area contributed by atoms with Crippen LogP contribution in [0.1, 0.15) is 200 Å². The van der Waals surface area contributed by atoms with Gasteiger partial charge in [0.2, 0.25) is 0 Å². The Labute approximate surface area is 459 Å². The molecule has 3 nitrogen and oxygen atoms in total. The van der Waals surface area contributed by atoms with E-state index < -0.39 is 16.4 Å². The number of hydrogen-bond donors (Lipinski definition) is 0. The van der Waals surface area contributed by atoms with Crippen molar-refractivity contribution in [1.29, 1.82) is 0 Å². The van der Waals surface area contributed by atoms with E-state index in [0.29, 0.717) is 11.6 Å². The highest BCUT2D eigenvalue weighted by Gasteiger charge is 2.63. The van der Waals surface area contributed by atoms with Gasteiger partial charge >= 0.3 is 0 Å². The van der Waals surface area contributed by atoms with Crippen LogP contribution in [0.3, 0.4) is 0 Å². The smallest absolute Gasteiger partial charge is 0.264 e. The molecule has 4 atom stereocenters. The molecule has 0 amide bonds. The lowest BCUT2D eigenvalue weighted by Crippen LogP contribution is -2.64. The molecule has 386 valence electrons. The van der Waals surface area contributed by atoms with Crippen molar-refractivity contribution >= 4 is 83.6 Å². The van der Waals surface area contributed by atoms with Gasteiger partial charge in [-0.15, -0.1) is 11.3 Å². The summed E-state index contributed by atoms with van der Waals surface area (Å²) >= 11 is 2.00. The number of nitrogens with zero attached hydrogens (tertiary/aromatic N) is 3. The summed E-state index contributed by atoms with van der Waals surface area (Å²) in [5.74, 6) is 0. The van der Waals surface area contributed by atoms with E-state index in [9.17, 15) is 4.11 Å². The molecule has 5 heterocycles. The van der Waals surface area contributed by atoms with Crippen LogP contribution in [0.2, 0.25) is 0 Å². The van der Waals surface area contributed by atoms with Crippen molar-refractivity contribution in [3.63, 3.8) is 0 Å². The summed E-state index contributed by atoms with van der Waals surface area (Å²) in [5, 5.41) is 1.29. The van der Waals surface area contributed by atoms with Crippen molar-refractivity contribution < 1.29 is 4.11 Å². The second-order valence-corrected chi connectivity index (χ2v) is 30.1. The Balaban J connectivity index is 1.23. The van der Waals surface area contributed by atoms with Crippen LogP contribution in [-0.2, 0) is 32.5 Å². The van der Waals surface area contributed by atoms with Crippen LogP contribution in [0.15, 0.2) is 109 Å². The van der Waals surface area contributed by atoms with E-state index in [-0.39, 0.29) is 46.0 Å². The molecule has 4 aliphatic heterocycles. The first kappa shape index (κ1) is 45.9. The second kappa shape index (κ2) is 15.7. The monoisotopic (exact) mass is 1010 g/mol. The number of thiophene rings is 1. The van der Waals surface area contributed by atoms with Crippen molar-refractivity contribution in [2.45, 2.75) is 206 Å². The average molecular weight is 1010 g/mol. The molecular formula is C70H82BN3S. The van der Waals surface area contributed by atoms with Crippen LogP contribution in [0.25, 0.3) is 21.2 Å². The number of fused-ring (bicyclic) bond motifs is 12. The molecule has 75 heavy (non-hydrogen) atoms. The summed E-state index contributed by atoms with van der Waals surface area (Å²) in [5.41, 5.74) is 18.6. The third-order valence-corrected chi connectivity index (χ3v) is 21.6. The van der Waals surface area contributed by atoms with E-state index in [1.165, 1.54) is 94.8 Å². The number of hydrogen-bond acceptors (Lipinski definition) is 4.